The molecule has 2 N–H and O–H groups in total. The first-order chi connectivity index (χ1) is 13.8. The van der Waals surface area contributed by atoms with Crippen LogP contribution in [0.15, 0.2) is 46.1 Å². The predicted octanol–water partition coefficient (Wildman–Crippen LogP) is 1.96. The van der Waals surface area contributed by atoms with Gasteiger partial charge in [0.2, 0.25) is 0 Å². The van der Waals surface area contributed by atoms with Crippen LogP contribution < -0.4 is 16.6 Å². The predicted molar refractivity (Wildman–Crippen MR) is 107 cm³/mol. The van der Waals surface area contributed by atoms with Crippen molar-refractivity contribution in [2.24, 2.45) is 0 Å². The van der Waals surface area contributed by atoms with Gasteiger partial charge in [0.25, 0.3) is 11.5 Å². The lowest BCUT2D eigenvalue weighted by Crippen LogP contribution is -2.35. The summed E-state index contributed by atoms with van der Waals surface area (Å²) >= 11 is 11.7. The zero-order valence-corrected chi connectivity index (χ0v) is 16.5. The summed E-state index contributed by atoms with van der Waals surface area (Å²) in [5, 5.41) is 3.08. The van der Waals surface area contributed by atoms with Gasteiger partial charge in [0.1, 0.15) is 6.54 Å². The molecular weight excluding hydrogens is 423 g/mol. The Morgan fingerprint density at radius 2 is 2.00 bits per heavy atom. The number of halogens is 2. The molecule has 0 saturated carbocycles. The fourth-order valence-electron chi connectivity index (χ4n) is 2.54. The number of nitrogens with zero attached hydrogens (tertiary/aromatic N) is 2. The first-order valence-electron chi connectivity index (χ1n) is 8.29. The monoisotopic (exact) mass is 436 g/mol. The number of ether oxygens (including phenoxy) is 1. The molecule has 0 fully saturated rings. The summed E-state index contributed by atoms with van der Waals surface area (Å²) in [6.45, 7) is 0.860. The number of H-pyrrole nitrogens is 1. The van der Waals surface area contributed by atoms with Gasteiger partial charge in [0.05, 0.1) is 20.9 Å². The maximum atomic E-state index is 12.3. The molecule has 2 heterocycles. The lowest BCUT2D eigenvalue weighted by atomic mass is 10.2. The zero-order chi connectivity index (χ0) is 21.1. The van der Waals surface area contributed by atoms with Crippen molar-refractivity contribution in [3.05, 3.63) is 67.4 Å². The number of hydrogen-bond donors (Lipinski definition) is 2. The fourth-order valence-corrected chi connectivity index (χ4v) is 2.97. The largest absolute Gasteiger partial charge is 0.451 e. The summed E-state index contributed by atoms with van der Waals surface area (Å²) in [4.78, 5) is 54.5. The number of fused-ring (bicyclic) bond motifs is 1. The highest BCUT2D eigenvalue weighted by atomic mass is 35.5. The first kappa shape index (κ1) is 20.6. The van der Waals surface area contributed by atoms with E-state index in [-0.39, 0.29) is 21.7 Å². The van der Waals surface area contributed by atoms with Crippen LogP contribution in [0.1, 0.15) is 6.92 Å². The molecule has 2 aromatic heterocycles. The van der Waals surface area contributed by atoms with Crippen LogP contribution in [0.2, 0.25) is 10.0 Å². The summed E-state index contributed by atoms with van der Waals surface area (Å²) in [5.41, 5.74) is -1.05. The number of anilines is 1. The smallest absolute Gasteiger partial charge is 0.329 e. The number of hydrogen-bond acceptors (Lipinski definition) is 6. The van der Waals surface area contributed by atoms with Crippen molar-refractivity contribution in [3.8, 4) is 0 Å². The third-order valence-corrected chi connectivity index (χ3v) is 4.41. The third-order valence-electron chi connectivity index (χ3n) is 3.92. The molecule has 9 nitrogen and oxygen atoms in total. The molecule has 0 aliphatic heterocycles. The summed E-state index contributed by atoms with van der Waals surface area (Å²) in [6, 6.07) is 7.71. The molecule has 1 amide bonds. The Balaban J connectivity index is 1.72. The lowest BCUT2D eigenvalue weighted by molar-refractivity contribution is -0.153. The Hall–Kier alpha value is -3.17. The van der Waals surface area contributed by atoms with Gasteiger partial charge in [-0.05, 0) is 25.1 Å². The minimum Gasteiger partial charge on any atom is -0.451 e. The Morgan fingerprint density at radius 1 is 1.28 bits per heavy atom. The van der Waals surface area contributed by atoms with Crippen molar-refractivity contribution in [1.82, 2.24) is 14.5 Å². The number of benzene rings is 1. The van der Waals surface area contributed by atoms with E-state index in [2.05, 4.69) is 15.3 Å². The average Bonchev–Trinajstić information content (AvgIpc) is 2.67. The Kier molecular flexibility index (Phi) is 6.00. The number of amides is 1. The van der Waals surface area contributed by atoms with E-state index < -0.39 is 35.8 Å². The quantitative estimate of drug-likeness (QED) is 0.589. The second-order valence-electron chi connectivity index (χ2n) is 5.97. The molecule has 0 spiro atoms. The van der Waals surface area contributed by atoms with Gasteiger partial charge in [-0.2, -0.15) is 0 Å². The van der Waals surface area contributed by atoms with E-state index in [0.717, 1.165) is 4.57 Å². The summed E-state index contributed by atoms with van der Waals surface area (Å²) < 4.78 is 6.14. The molecule has 0 aliphatic carbocycles. The second kappa shape index (κ2) is 8.46. The first-order valence-corrected chi connectivity index (χ1v) is 9.05. The van der Waals surface area contributed by atoms with Crippen molar-refractivity contribution in [3.63, 3.8) is 0 Å². The molecule has 0 bridgehead atoms. The number of para-hydroxylation sites is 1. The van der Waals surface area contributed by atoms with Gasteiger partial charge in [-0.25, -0.2) is 9.78 Å². The topological polar surface area (TPSA) is 123 Å². The normalized spacial score (nSPS) is 11.8. The number of esters is 1. The Labute approximate surface area is 173 Å². The molecule has 0 aliphatic rings. The highest BCUT2D eigenvalue weighted by Crippen LogP contribution is 2.22. The molecule has 1 unspecified atom stereocenters. The molecule has 1 aromatic carbocycles. The van der Waals surface area contributed by atoms with Crippen molar-refractivity contribution < 1.29 is 14.3 Å². The highest BCUT2D eigenvalue weighted by molar-refractivity contribution is 6.36. The van der Waals surface area contributed by atoms with Gasteiger partial charge in [0.15, 0.2) is 11.9 Å². The van der Waals surface area contributed by atoms with Crippen LogP contribution in [-0.2, 0) is 20.9 Å². The van der Waals surface area contributed by atoms with Crippen molar-refractivity contribution in [2.45, 2.75) is 19.6 Å². The number of nitrogens with one attached hydrogen (secondary N) is 2. The van der Waals surface area contributed by atoms with Gasteiger partial charge in [-0.1, -0.05) is 35.3 Å². The third kappa shape index (κ3) is 4.64. The SMILES string of the molecule is CC(OC(=O)Cn1c(=O)[nH]c(=O)c2ccccc21)C(=O)Nc1ncc(Cl)cc1Cl. The number of carbonyl (C=O) groups is 2. The van der Waals surface area contributed by atoms with Crippen molar-refractivity contribution in [2.75, 3.05) is 5.32 Å². The zero-order valence-electron chi connectivity index (χ0n) is 14.9. The molecule has 11 heteroatoms. The van der Waals surface area contributed by atoms with E-state index in [4.69, 9.17) is 27.9 Å². The van der Waals surface area contributed by atoms with Gasteiger partial charge in [0, 0.05) is 6.20 Å². The highest BCUT2D eigenvalue weighted by Gasteiger charge is 2.20. The van der Waals surface area contributed by atoms with E-state index in [1.807, 2.05) is 0 Å². The molecule has 1 atom stereocenters. The van der Waals surface area contributed by atoms with Crippen LogP contribution in [0, 0.1) is 0 Å². The van der Waals surface area contributed by atoms with Gasteiger partial charge < -0.3 is 10.1 Å². The molecule has 150 valence electrons. The minimum atomic E-state index is -1.19. The van der Waals surface area contributed by atoms with Crippen LogP contribution in [-0.4, -0.2) is 32.5 Å². The van der Waals surface area contributed by atoms with Gasteiger partial charge >= 0.3 is 11.7 Å². The number of carbonyl (C=O) groups excluding carboxylic acids is 2. The Bertz CT molecular complexity index is 1220. The number of aromatic nitrogens is 3. The number of rotatable bonds is 5. The fraction of sp³-hybridized carbons (Fsp3) is 0.167. The van der Waals surface area contributed by atoms with E-state index in [1.54, 1.807) is 12.1 Å². The Morgan fingerprint density at radius 3 is 2.72 bits per heavy atom. The van der Waals surface area contributed by atoms with Crippen LogP contribution in [0.4, 0.5) is 5.82 Å². The standard InChI is InChI=1S/C18H14Cl2N4O5/c1-9(16(26)22-15-12(20)6-10(19)7-21-15)29-14(25)8-24-13-5-3-2-4-11(13)17(27)23-18(24)28/h2-7,9H,8H2,1H3,(H,21,22,26)(H,23,27,28). The number of aromatic amines is 1. The summed E-state index contributed by atoms with van der Waals surface area (Å²) in [6.07, 6.45) is 0.105. The second-order valence-corrected chi connectivity index (χ2v) is 6.81. The molecule has 3 rings (SSSR count). The lowest BCUT2D eigenvalue weighted by Gasteiger charge is -2.15. The van der Waals surface area contributed by atoms with Crippen LogP contribution in [0.5, 0.6) is 0 Å². The molecule has 0 saturated heterocycles. The minimum absolute atomic E-state index is 0.0619. The van der Waals surface area contributed by atoms with E-state index in [9.17, 15) is 19.2 Å². The van der Waals surface area contributed by atoms with Crippen molar-refractivity contribution >= 4 is 51.8 Å². The summed E-state index contributed by atoms with van der Waals surface area (Å²) in [5.74, 6) is -1.46. The van der Waals surface area contributed by atoms with E-state index >= 15 is 0 Å². The van der Waals surface area contributed by atoms with E-state index in [1.165, 1.54) is 31.3 Å². The molecule has 0 radical (unpaired) electrons. The number of pyridine rings is 1. The molecule has 29 heavy (non-hydrogen) atoms. The maximum Gasteiger partial charge on any atom is 0.329 e. The van der Waals surface area contributed by atoms with Gasteiger partial charge in [-0.3, -0.25) is 23.9 Å². The molecular formula is C18H14Cl2N4O5. The molecule has 3 aromatic rings. The van der Waals surface area contributed by atoms with Gasteiger partial charge in [-0.15, -0.1) is 0 Å². The van der Waals surface area contributed by atoms with Crippen molar-refractivity contribution in [1.29, 1.82) is 0 Å². The van der Waals surface area contributed by atoms with Crippen LogP contribution >= 0.6 is 23.2 Å². The van der Waals surface area contributed by atoms with E-state index in [0.29, 0.717) is 5.02 Å². The maximum absolute atomic E-state index is 12.3. The average molecular weight is 437 g/mol. The van der Waals surface area contributed by atoms with Crippen LogP contribution in [0.3, 0.4) is 0 Å². The van der Waals surface area contributed by atoms with Crippen LogP contribution in [0.25, 0.3) is 10.9 Å². The summed E-state index contributed by atoms with van der Waals surface area (Å²) in [7, 11) is 0.